The van der Waals surface area contributed by atoms with Gasteiger partial charge in [-0.3, -0.25) is 4.79 Å². The molecule has 2 aliphatic rings. The Labute approximate surface area is 121 Å². The second kappa shape index (κ2) is 5.35. The number of nitrogens with zero attached hydrogens (tertiary/aromatic N) is 1. The van der Waals surface area contributed by atoms with E-state index in [0.29, 0.717) is 6.42 Å². The summed E-state index contributed by atoms with van der Waals surface area (Å²) in [5, 5.41) is 8.58. The average molecular weight is 275 g/mol. The largest absolute Gasteiger partial charge is 0.490 e. The predicted molar refractivity (Wildman–Crippen MR) is 76.7 cm³/mol. The maximum absolute atomic E-state index is 11.7. The van der Waals surface area contributed by atoms with Crippen molar-refractivity contribution in [3.05, 3.63) is 11.5 Å². The van der Waals surface area contributed by atoms with Crippen molar-refractivity contribution in [1.82, 2.24) is 0 Å². The predicted octanol–water partition coefficient (Wildman–Crippen LogP) is 2.83. The van der Waals surface area contributed by atoms with Crippen molar-refractivity contribution in [3.8, 4) is 6.07 Å². The van der Waals surface area contributed by atoms with E-state index in [4.69, 9.17) is 14.6 Å². The van der Waals surface area contributed by atoms with Gasteiger partial charge in [0.15, 0.2) is 0 Å². The van der Waals surface area contributed by atoms with Crippen LogP contribution >= 0.6 is 0 Å². The molecule has 5 heteroatoms. The first-order chi connectivity index (χ1) is 9.27. The van der Waals surface area contributed by atoms with Gasteiger partial charge in [0.05, 0.1) is 23.7 Å². The maximum Gasteiger partial charge on any atom is 0.490 e. The number of nitriles is 1. The Hall–Kier alpha value is -1.12. The molecule has 0 aromatic carbocycles. The zero-order valence-electron chi connectivity index (χ0n) is 12.7. The van der Waals surface area contributed by atoms with E-state index in [0.717, 1.165) is 18.3 Å². The van der Waals surface area contributed by atoms with Gasteiger partial charge >= 0.3 is 7.12 Å². The molecule has 0 spiro atoms. The highest BCUT2D eigenvalue weighted by Gasteiger charge is 2.52. The van der Waals surface area contributed by atoms with Crippen LogP contribution in [0.2, 0.25) is 0 Å². The van der Waals surface area contributed by atoms with Crippen LogP contribution in [0.5, 0.6) is 0 Å². The Morgan fingerprint density at radius 1 is 1.40 bits per heavy atom. The number of Topliss-reactive ketones (excluding diaryl/α,β-unsaturated/α-hetero) is 1. The van der Waals surface area contributed by atoms with Crippen LogP contribution in [0, 0.1) is 17.2 Å². The van der Waals surface area contributed by atoms with E-state index in [1.54, 1.807) is 0 Å². The zero-order chi connectivity index (χ0) is 15.0. The minimum Gasteiger partial charge on any atom is -0.400 e. The molecule has 0 bridgehead atoms. The van der Waals surface area contributed by atoms with Gasteiger partial charge in [-0.1, -0.05) is 6.08 Å². The fourth-order valence-electron chi connectivity index (χ4n) is 2.58. The van der Waals surface area contributed by atoms with Crippen LogP contribution in [0.3, 0.4) is 0 Å². The van der Waals surface area contributed by atoms with Gasteiger partial charge in [-0.25, -0.2) is 0 Å². The van der Waals surface area contributed by atoms with Gasteiger partial charge < -0.3 is 9.31 Å². The number of allylic oxidation sites excluding steroid dienone is 2. The molecule has 0 N–H and O–H groups in total. The Morgan fingerprint density at radius 3 is 2.45 bits per heavy atom. The number of hydrogen-bond donors (Lipinski definition) is 0. The van der Waals surface area contributed by atoms with E-state index in [-0.39, 0.29) is 36.4 Å². The molecule has 108 valence electrons. The molecule has 1 atom stereocenters. The molecule has 2 rings (SSSR count). The number of hydrogen-bond acceptors (Lipinski definition) is 4. The lowest BCUT2D eigenvalue weighted by Gasteiger charge is -2.32. The topological polar surface area (TPSA) is 59.3 Å². The zero-order valence-corrected chi connectivity index (χ0v) is 12.7. The Bertz CT molecular complexity index is 460. The Morgan fingerprint density at radius 2 is 2.00 bits per heavy atom. The van der Waals surface area contributed by atoms with Crippen LogP contribution < -0.4 is 0 Å². The third-order valence-electron chi connectivity index (χ3n) is 4.71. The van der Waals surface area contributed by atoms with Gasteiger partial charge in [-0.15, -0.1) is 0 Å². The van der Waals surface area contributed by atoms with Gasteiger partial charge in [0.25, 0.3) is 0 Å². The van der Waals surface area contributed by atoms with Crippen LogP contribution in [0.4, 0.5) is 0 Å². The summed E-state index contributed by atoms with van der Waals surface area (Å²) in [5.74, 6) is 0.0394. The fourth-order valence-corrected chi connectivity index (χ4v) is 2.58. The highest BCUT2D eigenvalue weighted by Crippen LogP contribution is 2.40. The van der Waals surface area contributed by atoms with Gasteiger partial charge in [0.2, 0.25) is 0 Å². The summed E-state index contributed by atoms with van der Waals surface area (Å²) in [6.45, 7) is 8.15. The van der Waals surface area contributed by atoms with Crippen LogP contribution in [0.15, 0.2) is 11.5 Å². The first-order valence-corrected chi connectivity index (χ1v) is 7.21. The summed E-state index contributed by atoms with van der Waals surface area (Å²) in [7, 11) is -0.299. The minimum absolute atomic E-state index is 0.0131. The normalized spacial score (nSPS) is 27.9. The molecule has 1 heterocycles. The van der Waals surface area contributed by atoms with Crippen molar-refractivity contribution in [2.24, 2.45) is 5.92 Å². The average Bonchev–Trinajstić information content (AvgIpc) is 2.59. The van der Waals surface area contributed by atoms with Crippen molar-refractivity contribution in [1.29, 1.82) is 5.26 Å². The SMILES string of the molecule is CC1(C)OB(C2=CCC(C(=O)CC#N)CC2)OC1(C)C. The highest BCUT2D eigenvalue weighted by atomic mass is 16.7. The molecule has 0 radical (unpaired) electrons. The van der Waals surface area contributed by atoms with Gasteiger partial charge in [0, 0.05) is 5.92 Å². The summed E-state index contributed by atoms with van der Waals surface area (Å²) < 4.78 is 12.0. The lowest BCUT2D eigenvalue weighted by Crippen LogP contribution is -2.41. The second-order valence-electron chi connectivity index (χ2n) is 6.64. The fraction of sp³-hybridized carbons (Fsp3) is 0.733. The van der Waals surface area contributed by atoms with Gasteiger partial charge in [-0.05, 0) is 52.4 Å². The minimum atomic E-state index is -0.327. The third kappa shape index (κ3) is 2.82. The van der Waals surface area contributed by atoms with E-state index in [9.17, 15) is 4.79 Å². The van der Waals surface area contributed by atoms with Crippen molar-refractivity contribution in [2.45, 2.75) is 64.6 Å². The van der Waals surface area contributed by atoms with E-state index in [2.05, 4.69) is 6.08 Å². The van der Waals surface area contributed by atoms with Crippen LogP contribution in [0.1, 0.15) is 53.4 Å². The lowest BCUT2D eigenvalue weighted by molar-refractivity contribution is -0.122. The van der Waals surface area contributed by atoms with Crippen molar-refractivity contribution in [3.63, 3.8) is 0 Å². The molecule has 1 unspecified atom stereocenters. The highest BCUT2D eigenvalue weighted by molar-refractivity contribution is 6.54. The number of carbonyl (C=O) groups is 1. The summed E-state index contributed by atoms with van der Waals surface area (Å²) in [5.41, 5.74) is 0.475. The van der Waals surface area contributed by atoms with Crippen molar-refractivity contribution in [2.75, 3.05) is 0 Å². The van der Waals surface area contributed by atoms with Crippen molar-refractivity contribution < 1.29 is 14.1 Å². The lowest BCUT2D eigenvalue weighted by atomic mass is 9.70. The molecular formula is C15H22BNO3. The van der Waals surface area contributed by atoms with E-state index < -0.39 is 0 Å². The van der Waals surface area contributed by atoms with Gasteiger partial charge in [-0.2, -0.15) is 5.26 Å². The van der Waals surface area contributed by atoms with E-state index in [1.165, 1.54) is 0 Å². The third-order valence-corrected chi connectivity index (χ3v) is 4.71. The molecule has 1 saturated heterocycles. The Kier molecular flexibility index (Phi) is 4.08. The van der Waals surface area contributed by atoms with Gasteiger partial charge in [0.1, 0.15) is 5.78 Å². The van der Waals surface area contributed by atoms with Crippen molar-refractivity contribution >= 4 is 12.9 Å². The quantitative estimate of drug-likeness (QED) is 0.743. The first kappa shape index (κ1) is 15.3. The summed E-state index contributed by atoms with van der Waals surface area (Å²) in [6, 6.07) is 1.93. The van der Waals surface area contributed by atoms with Crippen LogP contribution in [-0.2, 0) is 14.1 Å². The molecule has 1 aliphatic heterocycles. The molecule has 20 heavy (non-hydrogen) atoms. The first-order valence-electron chi connectivity index (χ1n) is 7.21. The monoisotopic (exact) mass is 275 g/mol. The molecule has 0 amide bonds. The number of rotatable bonds is 3. The summed E-state index contributed by atoms with van der Waals surface area (Å²) >= 11 is 0. The number of ketones is 1. The van der Waals surface area contributed by atoms with E-state index >= 15 is 0 Å². The Balaban J connectivity index is 2.01. The molecule has 1 fully saturated rings. The molecule has 1 aliphatic carbocycles. The molecule has 0 saturated carbocycles. The second-order valence-corrected chi connectivity index (χ2v) is 6.64. The summed E-state index contributed by atoms with van der Waals surface area (Å²) in [6.07, 6.45) is 4.37. The van der Waals surface area contributed by atoms with Crippen LogP contribution in [0.25, 0.3) is 0 Å². The summed E-state index contributed by atoms with van der Waals surface area (Å²) in [4.78, 5) is 11.7. The van der Waals surface area contributed by atoms with E-state index in [1.807, 2.05) is 33.8 Å². The molecular weight excluding hydrogens is 253 g/mol. The molecule has 0 aromatic heterocycles. The molecule has 4 nitrogen and oxygen atoms in total. The maximum atomic E-state index is 11.7. The number of carbonyl (C=O) groups excluding carboxylic acids is 1. The molecule has 0 aromatic rings. The smallest absolute Gasteiger partial charge is 0.400 e. The standard InChI is InChI=1S/C15H22BNO3/c1-14(2)15(3,4)20-16(19-14)12-7-5-11(6-8-12)13(18)9-10-17/h7,11H,5-6,8-9H2,1-4H3. The van der Waals surface area contributed by atoms with Crippen LogP contribution in [-0.4, -0.2) is 24.1 Å².